The molecule has 0 bridgehead atoms. The maximum Gasteiger partial charge on any atom is 0.410 e. The van der Waals surface area contributed by atoms with Gasteiger partial charge in [-0.3, -0.25) is 4.90 Å². The van der Waals surface area contributed by atoms with Gasteiger partial charge in [-0.2, -0.15) is 13.2 Å². The van der Waals surface area contributed by atoms with E-state index in [2.05, 4.69) is 0 Å². The van der Waals surface area contributed by atoms with Gasteiger partial charge in [0.05, 0.1) is 0 Å². The molecule has 0 aromatic rings. The molecule has 1 amide bonds. The van der Waals surface area contributed by atoms with Crippen LogP contribution in [0.3, 0.4) is 0 Å². The van der Waals surface area contributed by atoms with Crippen molar-refractivity contribution in [3.63, 3.8) is 0 Å². The first kappa shape index (κ1) is 13.1. The van der Waals surface area contributed by atoms with Crippen LogP contribution in [0.4, 0.5) is 18.0 Å². The van der Waals surface area contributed by atoms with Gasteiger partial charge in [0.1, 0.15) is 11.6 Å². The molecule has 1 rings (SSSR count). The number of carbonyl (C=O) groups is 1. The van der Waals surface area contributed by atoms with Crippen LogP contribution in [0.15, 0.2) is 0 Å². The van der Waals surface area contributed by atoms with E-state index in [0.717, 1.165) is 4.90 Å². The summed E-state index contributed by atoms with van der Waals surface area (Å²) in [6.07, 6.45) is -4.92. The van der Waals surface area contributed by atoms with E-state index in [1.54, 1.807) is 20.8 Å². The Morgan fingerprint density at radius 1 is 1.31 bits per heavy atom. The largest absolute Gasteiger partial charge is 0.444 e. The van der Waals surface area contributed by atoms with Crippen LogP contribution in [0, 0.1) is 0 Å². The average molecular weight is 239 g/mol. The molecule has 0 aromatic carbocycles. The van der Waals surface area contributed by atoms with Crippen LogP contribution in [-0.2, 0) is 4.74 Å². The standard InChI is InChI=1S/C10H16F3NO2/c1-9(2,3)16-8(15)14-6-4-5-7(14)10(11,12)13/h7H,4-6H2,1-3H3. The van der Waals surface area contributed by atoms with Crippen LogP contribution in [0.1, 0.15) is 33.6 Å². The second-order valence-electron chi connectivity index (χ2n) is 4.87. The van der Waals surface area contributed by atoms with Gasteiger partial charge in [-0.1, -0.05) is 0 Å². The van der Waals surface area contributed by atoms with Crippen LogP contribution in [0.25, 0.3) is 0 Å². The summed E-state index contributed by atoms with van der Waals surface area (Å²) in [7, 11) is 0. The highest BCUT2D eigenvalue weighted by Gasteiger charge is 2.48. The van der Waals surface area contributed by atoms with Crippen molar-refractivity contribution in [3.8, 4) is 0 Å². The van der Waals surface area contributed by atoms with Crippen LogP contribution in [0.5, 0.6) is 0 Å². The topological polar surface area (TPSA) is 29.5 Å². The fraction of sp³-hybridized carbons (Fsp3) is 0.900. The number of rotatable bonds is 0. The number of halogens is 3. The Labute approximate surface area is 92.5 Å². The lowest BCUT2D eigenvalue weighted by Crippen LogP contribution is -2.46. The highest BCUT2D eigenvalue weighted by atomic mass is 19.4. The van der Waals surface area contributed by atoms with E-state index in [0.29, 0.717) is 6.42 Å². The first-order valence-electron chi connectivity index (χ1n) is 5.17. The Morgan fingerprint density at radius 2 is 1.88 bits per heavy atom. The van der Waals surface area contributed by atoms with Crippen LogP contribution >= 0.6 is 0 Å². The van der Waals surface area contributed by atoms with E-state index >= 15 is 0 Å². The van der Waals surface area contributed by atoms with Gasteiger partial charge < -0.3 is 4.74 Å². The number of likely N-dealkylation sites (tertiary alicyclic amines) is 1. The van der Waals surface area contributed by atoms with Crippen molar-refractivity contribution in [2.75, 3.05) is 6.54 Å². The molecule has 0 N–H and O–H groups in total. The van der Waals surface area contributed by atoms with Gasteiger partial charge >= 0.3 is 12.3 Å². The summed E-state index contributed by atoms with van der Waals surface area (Å²) in [6.45, 7) is 5.00. The molecule has 1 aliphatic heterocycles. The summed E-state index contributed by atoms with van der Waals surface area (Å²) in [5.41, 5.74) is -0.768. The van der Waals surface area contributed by atoms with E-state index < -0.39 is 23.9 Å². The molecule has 6 heteroatoms. The summed E-state index contributed by atoms with van der Waals surface area (Å²) < 4.78 is 42.6. The number of amides is 1. The predicted molar refractivity (Wildman–Crippen MR) is 52.0 cm³/mol. The lowest BCUT2D eigenvalue weighted by Gasteiger charge is -2.29. The molecule has 0 saturated carbocycles. The maximum absolute atomic E-state index is 12.6. The minimum atomic E-state index is -4.37. The molecule has 1 fully saturated rings. The van der Waals surface area contributed by atoms with E-state index in [-0.39, 0.29) is 13.0 Å². The predicted octanol–water partition coefficient (Wildman–Crippen LogP) is 2.95. The minimum Gasteiger partial charge on any atom is -0.444 e. The van der Waals surface area contributed by atoms with Gasteiger partial charge in [-0.15, -0.1) is 0 Å². The Balaban J connectivity index is 2.69. The smallest absolute Gasteiger partial charge is 0.410 e. The number of ether oxygens (including phenoxy) is 1. The van der Waals surface area contributed by atoms with Crippen molar-refractivity contribution in [1.29, 1.82) is 0 Å². The van der Waals surface area contributed by atoms with E-state index in [4.69, 9.17) is 4.74 Å². The number of carbonyl (C=O) groups excluding carboxylic acids is 1. The van der Waals surface area contributed by atoms with Crippen LogP contribution in [0.2, 0.25) is 0 Å². The van der Waals surface area contributed by atoms with Gasteiger partial charge in [0.25, 0.3) is 0 Å². The molecule has 3 nitrogen and oxygen atoms in total. The maximum atomic E-state index is 12.6. The summed E-state index contributed by atoms with van der Waals surface area (Å²) in [4.78, 5) is 12.3. The lowest BCUT2D eigenvalue weighted by molar-refractivity contribution is -0.173. The molecule has 1 atom stereocenters. The van der Waals surface area contributed by atoms with Gasteiger partial charge in [-0.25, -0.2) is 4.79 Å². The number of nitrogens with zero attached hydrogens (tertiary/aromatic N) is 1. The van der Waals surface area contributed by atoms with E-state index in [1.807, 2.05) is 0 Å². The first-order chi connectivity index (χ1) is 7.11. The van der Waals surface area contributed by atoms with Crippen LogP contribution in [-0.4, -0.2) is 35.4 Å². The Kier molecular flexibility index (Phi) is 3.40. The molecule has 1 saturated heterocycles. The highest BCUT2D eigenvalue weighted by molar-refractivity contribution is 5.69. The molecular formula is C10H16F3NO2. The zero-order chi connectivity index (χ0) is 12.6. The van der Waals surface area contributed by atoms with Gasteiger partial charge in [-0.05, 0) is 33.6 Å². The van der Waals surface area contributed by atoms with Crippen LogP contribution < -0.4 is 0 Å². The third-order valence-corrected chi connectivity index (χ3v) is 2.26. The molecule has 1 aliphatic rings. The molecular weight excluding hydrogens is 223 g/mol. The molecule has 1 heterocycles. The SMILES string of the molecule is CC(C)(C)OC(=O)N1CCCC1C(F)(F)F. The zero-order valence-electron chi connectivity index (χ0n) is 9.60. The normalized spacial score (nSPS) is 22.4. The van der Waals surface area contributed by atoms with Crippen molar-refractivity contribution < 1.29 is 22.7 Å². The molecule has 94 valence electrons. The molecule has 0 aliphatic carbocycles. The zero-order valence-corrected chi connectivity index (χ0v) is 9.60. The molecule has 0 radical (unpaired) electrons. The van der Waals surface area contributed by atoms with E-state index in [9.17, 15) is 18.0 Å². The third kappa shape index (κ3) is 3.28. The second kappa shape index (κ2) is 4.14. The first-order valence-corrected chi connectivity index (χ1v) is 5.17. The van der Waals surface area contributed by atoms with Crippen molar-refractivity contribution in [3.05, 3.63) is 0 Å². The lowest BCUT2D eigenvalue weighted by atomic mass is 10.2. The molecule has 0 spiro atoms. The van der Waals surface area contributed by atoms with Crippen molar-refractivity contribution in [2.45, 2.75) is 51.4 Å². The second-order valence-corrected chi connectivity index (χ2v) is 4.87. The average Bonchev–Trinajstić information content (AvgIpc) is 2.45. The Morgan fingerprint density at radius 3 is 2.31 bits per heavy atom. The Hall–Kier alpha value is -0.940. The van der Waals surface area contributed by atoms with Gasteiger partial charge in [0.2, 0.25) is 0 Å². The molecule has 1 unspecified atom stereocenters. The number of hydrogen-bond donors (Lipinski definition) is 0. The van der Waals surface area contributed by atoms with Crippen molar-refractivity contribution in [1.82, 2.24) is 4.90 Å². The Bertz CT molecular complexity index is 270. The number of alkyl halides is 3. The number of hydrogen-bond acceptors (Lipinski definition) is 2. The third-order valence-electron chi connectivity index (χ3n) is 2.26. The minimum absolute atomic E-state index is 0.0389. The summed E-state index contributed by atoms with van der Waals surface area (Å²) in [5, 5.41) is 0. The quantitative estimate of drug-likeness (QED) is 0.650. The fourth-order valence-electron chi connectivity index (χ4n) is 1.65. The summed E-state index contributed by atoms with van der Waals surface area (Å²) >= 11 is 0. The van der Waals surface area contributed by atoms with E-state index in [1.165, 1.54) is 0 Å². The van der Waals surface area contributed by atoms with Crippen molar-refractivity contribution >= 4 is 6.09 Å². The molecule has 0 aromatic heterocycles. The fourth-order valence-corrected chi connectivity index (χ4v) is 1.65. The summed E-state index contributed by atoms with van der Waals surface area (Å²) in [6, 6.07) is -1.69. The van der Waals surface area contributed by atoms with Gasteiger partial charge in [0.15, 0.2) is 0 Å². The summed E-state index contributed by atoms with van der Waals surface area (Å²) in [5.74, 6) is 0. The molecule has 16 heavy (non-hydrogen) atoms. The van der Waals surface area contributed by atoms with Gasteiger partial charge in [0, 0.05) is 6.54 Å². The highest BCUT2D eigenvalue weighted by Crippen LogP contribution is 2.33. The van der Waals surface area contributed by atoms with Crippen molar-refractivity contribution in [2.24, 2.45) is 0 Å². The monoisotopic (exact) mass is 239 g/mol.